The smallest absolute Gasteiger partial charge is 0.263 e. The number of ether oxygens (including phenoxy) is 1. The number of anilines is 1. The van der Waals surface area contributed by atoms with Gasteiger partial charge in [0, 0.05) is 6.07 Å². The van der Waals surface area contributed by atoms with Crippen LogP contribution in [-0.2, 0) is 17.8 Å². The Hall–Kier alpha value is -3.08. The maximum atomic E-state index is 12.2. The summed E-state index contributed by atoms with van der Waals surface area (Å²) in [5.74, 6) is 1.12. The van der Waals surface area contributed by atoms with Crippen molar-refractivity contribution in [2.24, 2.45) is 0 Å². The molecule has 0 spiro atoms. The predicted octanol–water partition coefficient (Wildman–Crippen LogP) is 3.82. The number of nitrogens with one attached hydrogen (secondary N) is 1. The highest BCUT2D eigenvalue weighted by Crippen LogP contribution is 2.13. The van der Waals surface area contributed by atoms with E-state index >= 15 is 0 Å². The van der Waals surface area contributed by atoms with Gasteiger partial charge in [-0.3, -0.25) is 4.79 Å². The molecule has 26 heavy (non-hydrogen) atoms. The zero-order chi connectivity index (χ0) is 18.4. The highest BCUT2D eigenvalue weighted by atomic mass is 16.5. The first kappa shape index (κ1) is 17.7. The number of nitrogens with zero attached hydrogens (tertiary/aromatic N) is 2. The van der Waals surface area contributed by atoms with Gasteiger partial charge in [-0.1, -0.05) is 48.9 Å². The summed E-state index contributed by atoms with van der Waals surface area (Å²) in [6, 6.07) is 17.8. The molecule has 1 heterocycles. The van der Waals surface area contributed by atoms with Crippen molar-refractivity contribution in [3.05, 3.63) is 77.5 Å². The number of amides is 1. The Kier molecular flexibility index (Phi) is 5.69. The van der Waals surface area contributed by atoms with Gasteiger partial charge in [0.2, 0.25) is 0 Å². The van der Waals surface area contributed by atoms with Gasteiger partial charge >= 0.3 is 0 Å². The molecule has 5 nitrogen and oxygen atoms in total. The lowest BCUT2D eigenvalue weighted by atomic mass is 10.1. The fourth-order valence-electron chi connectivity index (χ4n) is 2.58. The second kappa shape index (κ2) is 8.34. The van der Waals surface area contributed by atoms with Gasteiger partial charge in [-0.2, -0.15) is 5.10 Å². The lowest BCUT2D eigenvalue weighted by molar-refractivity contribution is -0.118. The number of aryl methyl sites for hydroxylation is 2. The van der Waals surface area contributed by atoms with Gasteiger partial charge in [0.15, 0.2) is 6.61 Å². The van der Waals surface area contributed by atoms with Crippen molar-refractivity contribution in [3.8, 4) is 5.75 Å². The van der Waals surface area contributed by atoms with E-state index in [9.17, 15) is 4.79 Å². The van der Waals surface area contributed by atoms with E-state index < -0.39 is 0 Å². The van der Waals surface area contributed by atoms with Gasteiger partial charge in [-0.05, 0) is 36.6 Å². The molecule has 5 heteroatoms. The zero-order valence-corrected chi connectivity index (χ0v) is 15.1. The third-order valence-electron chi connectivity index (χ3n) is 4.14. The van der Waals surface area contributed by atoms with E-state index in [1.807, 2.05) is 31.2 Å². The fraction of sp³-hybridized carbons (Fsp3) is 0.238. The molecule has 0 unspecified atom stereocenters. The largest absolute Gasteiger partial charge is 0.484 e. The molecule has 2 aromatic carbocycles. The second-order valence-corrected chi connectivity index (χ2v) is 6.19. The minimum absolute atomic E-state index is 0.0422. The molecular weight excluding hydrogens is 326 g/mol. The lowest BCUT2D eigenvalue weighted by Crippen LogP contribution is -2.22. The van der Waals surface area contributed by atoms with Crippen molar-refractivity contribution in [1.29, 1.82) is 0 Å². The average Bonchev–Trinajstić information content (AvgIpc) is 3.08. The SMILES string of the molecule is CCc1ccc(Cn2nccc2NC(=O)COc2ccc(C)cc2)cc1. The Morgan fingerprint density at radius 3 is 2.42 bits per heavy atom. The van der Waals surface area contributed by atoms with E-state index in [-0.39, 0.29) is 12.5 Å². The third-order valence-corrected chi connectivity index (χ3v) is 4.14. The summed E-state index contributed by atoms with van der Waals surface area (Å²) in [5.41, 5.74) is 3.59. The molecule has 1 amide bonds. The Balaban J connectivity index is 1.57. The zero-order valence-electron chi connectivity index (χ0n) is 15.1. The van der Waals surface area contributed by atoms with Crippen molar-refractivity contribution in [3.63, 3.8) is 0 Å². The molecule has 1 N–H and O–H groups in total. The molecule has 0 atom stereocenters. The summed E-state index contributed by atoms with van der Waals surface area (Å²) in [4.78, 5) is 12.2. The summed E-state index contributed by atoms with van der Waals surface area (Å²) >= 11 is 0. The van der Waals surface area contributed by atoms with Gasteiger partial charge in [0.05, 0.1) is 12.7 Å². The van der Waals surface area contributed by atoms with Crippen LogP contribution in [0.2, 0.25) is 0 Å². The molecule has 3 aromatic rings. The van der Waals surface area contributed by atoms with Gasteiger partial charge in [-0.15, -0.1) is 0 Å². The first-order valence-corrected chi connectivity index (χ1v) is 8.73. The molecule has 0 aliphatic carbocycles. The van der Waals surface area contributed by atoms with Crippen LogP contribution in [0.3, 0.4) is 0 Å². The average molecular weight is 349 g/mol. The number of hydrogen-bond acceptors (Lipinski definition) is 3. The predicted molar refractivity (Wildman–Crippen MR) is 102 cm³/mol. The molecule has 3 rings (SSSR count). The van der Waals surface area contributed by atoms with Crippen LogP contribution in [0.25, 0.3) is 0 Å². The van der Waals surface area contributed by atoms with Gasteiger partial charge in [0.25, 0.3) is 5.91 Å². The number of carbonyl (C=O) groups is 1. The molecule has 0 aliphatic heterocycles. The molecule has 0 saturated carbocycles. The van der Waals surface area contributed by atoms with Gasteiger partial charge < -0.3 is 10.1 Å². The molecule has 0 bridgehead atoms. The van der Waals surface area contributed by atoms with Gasteiger partial charge in [0.1, 0.15) is 11.6 Å². The van der Waals surface area contributed by atoms with E-state index in [1.54, 1.807) is 16.9 Å². The van der Waals surface area contributed by atoms with Crippen LogP contribution < -0.4 is 10.1 Å². The van der Waals surface area contributed by atoms with E-state index in [2.05, 4.69) is 41.6 Å². The second-order valence-electron chi connectivity index (χ2n) is 6.19. The number of aromatic nitrogens is 2. The fourth-order valence-corrected chi connectivity index (χ4v) is 2.58. The first-order valence-electron chi connectivity index (χ1n) is 8.73. The molecule has 0 radical (unpaired) electrons. The first-order chi connectivity index (χ1) is 12.6. The molecule has 0 aliphatic rings. The van der Waals surface area contributed by atoms with Crippen LogP contribution in [0.5, 0.6) is 5.75 Å². The monoisotopic (exact) mass is 349 g/mol. The Bertz CT molecular complexity index is 852. The summed E-state index contributed by atoms with van der Waals surface area (Å²) in [7, 11) is 0. The normalized spacial score (nSPS) is 10.5. The molecule has 134 valence electrons. The number of rotatable bonds is 7. The summed E-state index contributed by atoms with van der Waals surface area (Å²) < 4.78 is 7.28. The van der Waals surface area contributed by atoms with Crippen LogP contribution >= 0.6 is 0 Å². The van der Waals surface area contributed by atoms with E-state index in [0.717, 1.165) is 17.5 Å². The van der Waals surface area contributed by atoms with Crippen LogP contribution in [0.4, 0.5) is 5.82 Å². The standard InChI is InChI=1S/C21H23N3O2/c1-3-17-6-8-18(9-7-17)14-24-20(12-13-22-24)23-21(25)15-26-19-10-4-16(2)5-11-19/h4-13H,3,14-15H2,1-2H3,(H,23,25). The van der Waals surface area contributed by atoms with Crippen LogP contribution in [0, 0.1) is 6.92 Å². The van der Waals surface area contributed by atoms with E-state index in [0.29, 0.717) is 18.1 Å². The minimum Gasteiger partial charge on any atom is -0.484 e. The van der Waals surface area contributed by atoms with Crippen LogP contribution in [0.15, 0.2) is 60.8 Å². The molecular formula is C21H23N3O2. The van der Waals surface area contributed by atoms with Crippen molar-refractivity contribution < 1.29 is 9.53 Å². The quantitative estimate of drug-likeness (QED) is 0.705. The maximum absolute atomic E-state index is 12.2. The molecule has 0 saturated heterocycles. The van der Waals surface area contributed by atoms with Crippen molar-refractivity contribution in [2.75, 3.05) is 11.9 Å². The number of hydrogen-bond donors (Lipinski definition) is 1. The number of carbonyl (C=O) groups excluding carboxylic acids is 1. The van der Waals surface area contributed by atoms with Crippen molar-refractivity contribution >= 4 is 11.7 Å². The van der Waals surface area contributed by atoms with E-state index in [4.69, 9.17) is 4.74 Å². The summed E-state index contributed by atoms with van der Waals surface area (Å²) in [6.07, 6.45) is 2.70. The Morgan fingerprint density at radius 2 is 1.73 bits per heavy atom. The third kappa shape index (κ3) is 4.72. The Morgan fingerprint density at radius 1 is 1.04 bits per heavy atom. The summed E-state index contributed by atoms with van der Waals surface area (Å²) in [5, 5.41) is 7.15. The maximum Gasteiger partial charge on any atom is 0.263 e. The van der Waals surface area contributed by atoms with Crippen molar-refractivity contribution in [1.82, 2.24) is 9.78 Å². The summed E-state index contributed by atoms with van der Waals surface area (Å²) in [6.45, 7) is 4.70. The van der Waals surface area contributed by atoms with Crippen LogP contribution in [0.1, 0.15) is 23.6 Å². The highest BCUT2D eigenvalue weighted by molar-refractivity contribution is 5.91. The molecule has 1 aromatic heterocycles. The van der Waals surface area contributed by atoms with E-state index in [1.165, 1.54) is 5.56 Å². The van der Waals surface area contributed by atoms with Gasteiger partial charge in [-0.25, -0.2) is 4.68 Å². The Labute approximate surface area is 153 Å². The number of benzene rings is 2. The molecule has 0 fully saturated rings. The lowest BCUT2D eigenvalue weighted by Gasteiger charge is -2.10. The highest BCUT2D eigenvalue weighted by Gasteiger charge is 2.09. The topological polar surface area (TPSA) is 56.2 Å². The minimum atomic E-state index is -0.214. The van der Waals surface area contributed by atoms with Crippen LogP contribution in [-0.4, -0.2) is 22.3 Å². The van der Waals surface area contributed by atoms with Crippen molar-refractivity contribution in [2.45, 2.75) is 26.8 Å².